The summed E-state index contributed by atoms with van der Waals surface area (Å²) >= 11 is 17.6. The number of benzene rings is 3. The monoisotopic (exact) mass is 345 g/mol. The van der Waals surface area contributed by atoms with Gasteiger partial charge in [-0.15, -0.1) is 0 Å². The Balaban J connectivity index is 1.82. The molecule has 0 bridgehead atoms. The third-order valence-corrected chi connectivity index (χ3v) is 4.44. The van der Waals surface area contributed by atoms with Crippen molar-refractivity contribution in [1.29, 1.82) is 0 Å². The second-order valence-corrected chi connectivity index (χ2v) is 6.20. The number of hydrogen-bond acceptors (Lipinski definition) is 1. The predicted molar refractivity (Wildman–Crippen MR) is 98.9 cm³/mol. The van der Waals surface area contributed by atoms with Crippen molar-refractivity contribution in [2.45, 2.75) is 6.54 Å². The summed E-state index contributed by atoms with van der Waals surface area (Å²) in [5.74, 6) is 0. The van der Waals surface area contributed by atoms with Gasteiger partial charge in [-0.25, -0.2) is 0 Å². The highest BCUT2D eigenvalue weighted by atomic mass is 35.5. The van der Waals surface area contributed by atoms with Crippen molar-refractivity contribution in [3.63, 3.8) is 0 Å². The zero-order valence-electron chi connectivity index (χ0n) is 11.6. The Morgan fingerprint density at radius 2 is 1.73 bits per heavy atom. The van der Waals surface area contributed by atoms with Gasteiger partial charge < -0.3 is 5.32 Å². The zero-order chi connectivity index (χ0) is 15.5. The number of nitrogens with one attached hydrogen (secondary N) is 1. The molecule has 0 spiro atoms. The quantitative estimate of drug-likeness (QED) is 0.619. The first-order chi connectivity index (χ1) is 10.6. The molecule has 0 radical (unpaired) electrons. The third-order valence-electron chi connectivity index (χ3n) is 3.49. The van der Waals surface area contributed by atoms with E-state index >= 15 is 0 Å². The molecule has 3 aromatic carbocycles. The number of rotatable bonds is 3. The first kappa shape index (κ1) is 15.3. The van der Waals surface area contributed by atoms with E-state index in [1.165, 1.54) is 5.39 Å². The number of hydrogen-bond donors (Lipinski definition) is 1. The van der Waals surface area contributed by atoms with E-state index in [4.69, 9.17) is 35.4 Å². The van der Waals surface area contributed by atoms with Gasteiger partial charge in [0, 0.05) is 22.2 Å². The highest BCUT2D eigenvalue weighted by molar-refractivity contribution is 7.80. The minimum absolute atomic E-state index is 0.568. The van der Waals surface area contributed by atoms with E-state index in [0.717, 1.165) is 16.5 Å². The van der Waals surface area contributed by atoms with Crippen molar-refractivity contribution in [1.82, 2.24) is 5.32 Å². The normalized spacial score (nSPS) is 10.6. The van der Waals surface area contributed by atoms with Crippen molar-refractivity contribution in [2.75, 3.05) is 0 Å². The fourth-order valence-electron chi connectivity index (χ4n) is 2.36. The van der Waals surface area contributed by atoms with Crippen molar-refractivity contribution < 1.29 is 0 Å². The molecule has 22 heavy (non-hydrogen) atoms. The molecule has 1 N–H and O–H groups in total. The van der Waals surface area contributed by atoms with Crippen molar-refractivity contribution in [3.8, 4) is 0 Å². The molecule has 0 atom stereocenters. The molecular weight excluding hydrogens is 333 g/mol. The van der Waals surface area contributed by atoms with E-state index < -0.39 is 0 Å². The lowest BCUT2D eigenvalue weighted by atomic mass is 10.0. The topological polar surface area (TPSA) is 12.0 Å². The summed E-state index contributed by atoms with van der Waals surface area (Å²) in [6.07, 6.45) is 0. The van der Waals surface area contributed by atoms with Gasteiger partial charge >= 0.3 is 0 Å². The summed E-state index contributed by atoms with van der Waals surface area (Å²) in [6, 6.07) is 19.8. The van der Waals surface area contributed by atoms with Crippen LogP contribution >= 0.6 is 35.4 Å². The predicted octanol–water partition coefficient (Wildman–Crippen LogP) is 5.61. The maximum Gasteiger partial charge on any atom is 0.107 e. The third kappa shape index (κ3) is 3.25. The van der Waals surface area contributed by atoms with E-state index in [0.29, 0.717) is 21.6 Å². The molecule has 0 heterocycles. The fraction of sp³-hybridized carbons (Fsp3) is 0.0556. The lowest BCUT2D eigenvalue weighted by molar-refractivity contribution is 0.930. The average molecular weight is 346 g/mol. The van der Waals surface area contributed by atoms with Crippen LogP contribution in [0.15, 0.2) is 60.7 Å². The van der Waals surface area contributed by atoms with Gasteiger partial charge in [0.15, 0.2) is 0 Å². The largest absolute Gasteiger partial charge is 0.372 e. The Hall–Kier alpha value is -1.61. The molecule has 0 aliphatic heterocycles. The highest BCUT2D eigenvalue weighted by Gasteiger charge is 2.07. The molecule has 3 aromatic rings. The van der Waals surface area contributed by atoms with Crippen molar-refractivity contribution >= 4 is 51.2 Å². The van der Waals surface area contributed by atoms with E-state index in [2.05, 4.69) is 23.5 Å². The zero-order valence-corrected chi connectivity index (χ0v) is 14.0. The SMILES string of the molecule is S=C(NCc1ccc(Cl)cc1Cl)c1cccc2ccccc12. The van der Waals surface area contributed by atoms with Crippen LogP contribution < -0.4 is 5.32 Å². The lowest BCUT2D eigenvalue weighted by Gasteiger charge is -2.12. The number of fused-ring (bicyclic) bond motifs is 1. The van der Waals surface area contributed by atoms with Gasteiger partial charge in [-0.05, 0) is 28.5 Å². The van der Waals surface area contributed by atoms with E-state index in [9.17, 15) is 0 Å². The molecule has 0 aromatic heterocycles. The Bertz CT molecular complexity index is 840. The van der Waals surface area contributed by atoms with E-state index in [1.54, 1.807) is 6.07 Å². The molecule has 4 heteroatoms. The Morgan fingerprint density at radius 3 is 2.55 bits per heavy atom. The summed E-state index contributed by atoms with van der Waals surface area (Å²) in [5, 5.41) is 6.86. The Morgan fingerprint density at radius 1 is 0.955 bits per heavy atom. The second-order valence-electron chi connectivity index (χ2n) is 4.95. The molecule has 0 amide bonds. The van der Waals surface area contributed by atoms with Gasteiger partial charge in [-0.1, -0.05) is 84.0 Å². The first-order valence-electron chi connectivity index (χ1n) is 6.85. The van der Waals surface area contributed by atoms with Crippen LogP contribution in [0.1, 0.15) is 11.1 Å². The van der Waals surface area contributed by atoms with E-state index in [-0.39, 0.29) is 0 Å². The lowest BCUT2D eigenvalue weighted by Crippen LogP contribution is -2.22. The van der Waals surface area contributed by atoms with Crippen LogP contribution in [0, 0.1) is 0 Å². The minimum atomic E-state index is 0.568. The summed E-state index contributed by atoms with van der Waals surface area (Å²) in [6.45, 7) is 0.568. The van der Waals surface area contributed by atoms with Gasteiger partial charge in [0.25, 0.3) is 0 Å². The maximum absolute atomic E-state index is 6.19. The first-order valence-corrected chi connectivity index (χ1v) is 8.01. The smallest absolute Gasteiger partial charge is 0.107 e. The van der Waals surface area contributed by atoms with Gasteiger partial charge in [-0.3, -0.25) is 0 Å². The molecular formula is C18H13Cl2NS. The molecule has 0 unspecified atom stereocenters. The second kappa shape index (κ2) is 6.66. The molecule has 0 aliphatic carbocycles. The molecule has 1 nitrogen and oxygen atoms in total. The Labute approximate surface area is 144 Å². The van der Waals surface area contributed by atoms with Crippen molar-refractivity contribution in [3.05, 3.63) is 81.8 Å². The van der Waals surface area contributed by atoms with Gasteiger partial charge in [0.2, 0.25) is 0 Å². The summed E-state index contributed by atoms with van der Waals surface area (Å²) in [7, 11) is 0. The summed E-state index contributed by atoms with van der Waals surface area (Å²) in [5.41, 5.74) is 1.99. The van der Waals surface area contributed by atoms with Crippen LogP contribution in [0.4, 0.5) is 0 Å². The summed E-state index contributed by atoms with van der Waals surface area (Å²) in [4.78, 5) is 0.711. The van der Waals surface area contributed by atoms with E-state index in [1.807, 2.05) is 36.4 Å². The Kier molecular flexibility index (Phi) is 4.63. The van der Waals surface area contributed by atoms with Crippen LogP contribution in [-0.2, 0) is 6.54 Å². The fourth-order valence-corrected chi connectivity index (χ4v) is 3.08. The molecule has 0 saturated carbocycles. The average Bonchev–Trinajstić information content (AvgIpc) is 2.53. The molecule has 0 aliphatic rings. The van der Waals surface area contributed by atoms with Crippen LogP contribution in [0.2, 0.25) is 10.0 Å². The highest BCUT2D eigenvalue weighted by Crippen LogP contribution is 2.22. The molecule has 0 saturated heterocycles. The summed E-state index contributed by atoms with van der Waals surface area (Å²) < 4.78 is 0. The standard InChI is InChI=1S/C18H13Cl2NS/c19-14-9-8-13(17(20)10-14)11-21-18(22)16-7-3-5-12-4-1-2-6-15(12)16/h1-10H,11H2,(H,21,22). The molecule has 0 fully saturated rings. The number of halogens is 2. The van der Waals surface area contributed by atoms with Gasteiger partial charge in [0.05, 0.1) is 0 Å². The minimum Gasteiger partial charge on any atom is -0.372 e. The molecule has 3 rings (SSSR count). The van der Waals surface area contributed by atoms with Crippen LogP contribution in [0.5, 0.6) is 0 Å². The van der Waals surface area contributed by atoms with Crippen molar-refractivity contribution in [2.24, 2.45) is 0 Å². The van der Waals surface area contributed by atoms with Crippen LogP contribution in [0.3, 0.4) is 0 Å². The van der Waals surface area contributed by atoms with Crippen LogP contribution in [-0.4, -0.2) is 4.99 Å². The maximum atomic E-state index is 6.19. The number of thiocarbonyl (C=S) groups is 1. The van der Waals surface area contributed by atoms with Gasteiger partial charge in [0.1, 0.15) is 4.99 Å². The van der Waals surface area contributed by atoms with Gasteiger partial charge in [-0.2, -0.15) is 0 Å². The molecule has 110 valence electrons. The van der Waals surface area contributed by atoms with Crippen LogP contribution in [0.25, 0.3) is 10.8 Å².